The van der Waals surface area contributed by atoms with Gasteiger partial charge in [0.2, 0.25) is 0 Å². The lowest BCUT2D eigenvalue weighted by molar-refractivity contribution is -0.388. The van der Waals surface area contributed by atoms with E-state index in [1.165, 1.54) is 12.5 Å². The standard InChI is InChI=1S/C52H82O21/c1-22-10-15-52(73-44(65)42-38(62)36(60)33(57)27(19-53)68-42)17-16-50(6)24(25(52)18-22)8-9-30-49(5)13-12-31(48(3,4)29(49)11-14-51(30,50)7)70-47-43(72-45-39(63)35(59)32(56)23(2)67-45)41(26(55)21-66-47)71-46-40(64)37(61)34(58)28(20-54)69-46/h8,23,25-43,45-47,53-64H,1,9-21H2,2-7H3. The van der Waals surface area contributed by atoms with Gasteiger partial charge in [-0.1, -0.05) is 58.4 Å². The van der Waals surface area contributed by atoms with E-state index in [1.54, 1.807) is 0 Å². The lowest BCUT2D eigenvalue weighted by Gasteiger charge is -2.71. The van der Waals surface area contributed by atoms with Crippen LogP contribution in [-0.4, -0.2) is 215 Å². The zero-order valence-electron chi connectivity index (χ0n) is 42.8. The molecule has 0 spiro atoms. The summed E-state index contributed by atoms with van der Waals surface area (Å²) in [4.78, 5) is 14.0. The number of hydrogen-bond donors (Lipinski definition) is 12. The third-order valence-electron chi connectivity index (χ3n) is 20.3. The van der Waals surface area contributed by atoms with Crippen LogP contribution in [0, 0.1) is 39.4 Å². The highest BCUT2D eigenvalue weighted by atomic mass is 16.8. The highest BCUT2D eigenvalue weighted by Crippen LogP contribution is 2.75. The van der Waals surface area contributed by atoms with Crippen LogP contribution in [0.5, 0.6) is 0 Å². The summed E-state index contributed by atoms with van der Waals surface area (Å²) in [5, 5.41) is 127. The van der Waals surface area contributed by atoms with Crippen LogP contribution in [0.1, 0.15) is 106 Å². The molecule has 0 bridgehead atoms. The highest BCUT2D eigenvalue weighted by Gasteiger charge is 2.69. The van der Waals surface area contributed by atoms with Crippen LogP contribution in [0.25, 0.3) is 0 Å². The van der Waals surface area contributed by atoms with Gasteiger partial charge in [-0.05, 0) is 105 Å². The van der Waals surface area contributed by atoms with Gasteiger partial charge < -0.3 is 99.2 Å². The lowest BCUT2D eigenvalue weighted by Crippen LogP contribution is -2.67. The molecule has 27 unspecified atom stereocenters. The van der Waals surface area contributed by atoms with E-state index in [1.807, 2.05) is 0 Å². The van der Waals surface area contributed by atoms with Gasteiger partial charge in [-0.15, -0.1) is 0 Å². The summed E-state index contributed by atoms with van der Waals surface area (Å²) in [5.74, 6) is -0.682. The predicted octanol–water partition coefficient (Wildman–Crippen LogP) is -1.04. The molecule has 9 rings (SSSR count). The first-order valence-corrected chi connectivity index (χ1v) is 26.4. The van der Waals surface area contributed by atoms with Crippen molar-refractivity contribution in [3.63, 3.8) is 0 Å². The number of rotatable bonds is 10. The summed E-state index contributed by atoms with van der Waals surface area (Å²) in [7, 11) is 0. The number of allylic oxidation sites excluding steroid dienone is 2. The molecule has 0 amide bonds. The van der Waals surface area contributed by atoms with E-state index in [9.17, 15) is 66.1 Å². The Balaban J connectivity index is 0.964. The summed E-state index contributed by atoms with van der Waals surface area (Å²) in [6.07, 6.45) is -20.6. The van der Waals surface area contributed by atoms with Crippen molar-refractivity contribution in [1.82, 2.24) is 0 Å². The fourth-order valence-electron chi connectivity index (χ4n) is 15.7. The number of hydrogen-bond acceptors (Lipinski definition) is 21. The van der Waals surface area contributed by atoms with Gasteiger partial charge in [0, 0.05) is 5.92 Å². The average molecular weight is 1040 g/mol. The van der Waals surface area contributed by atoms with E-state index in [4.69, 9.17) is 37.9 Å². The Hall–Kier alpha value is -1.81. The molecular formula is C52H82O21. The van der Waals surface area contributed by atoms with Crippen molar-refractivity contribution in [2.75, 3.05) is 19.8 Å². The molecule has 4 aliphatic heterocycles. The molecule has 0 aromatic heterocycles. The number of carbonyl (C=O) groups excluding carboxylic acids is 1. The van der Waals surface area contributed by atoms with Gasteiger partial charge in [0.1, 0.15) is 91.1 Å². The van der Waals surface area contributed by atoms with E-state index in [2.05, 4.69) is 47.3 Å². The second-order valence-corrected chi connectivity index (χ2v) is 24.4. The zero-order valence-corrected chi connectivity index (χ0v) is 42.8. The van der Waals surface area contributed by atoms with Gasteiger partial charge in [-0.25, -0.2) is 4.79 Å². The third kappa shape index (κ3) is 9.12. The van der Waals surface area contributed by atoms with Crippen LogP contribution in [0.3, 0.4) is 0 Å². The Morgan fingerprint density at radius 1 is 0.671 bits per heavy atom. The monoisotopic (exact) mass is 1040 g/mol. The molecule has 4 saturated heterocycles. The molecule has 0 radical (unpaired) electrons. The van der Waals surface area contributed by atoms with Crippen molar-refractivity contribution in [2.24, 2.45) is 39.4 Å². The molecule has 5 aliphatic carbocycles. The molecule has 4 heterocycles. The van der Waals surface area contributed by atoms with Crippen molar-refractivity contribution < 1.29 is 104 Å². The van der Waals surface area contributed by atoms with Crippen molar-refractivity contribution in [1.29, 1.82) is 0 Å². The van der Waals surface area contributed by atoms with Gasteiger partial charge in [0.05, 0.1) is 32.0 Å². The lowest BCUT2D eigenvalue weighted by atomic mass is 9.34. The van der Waals surface area contributed by atoms with Gasteiger partial charge in [0.25, 0.3) is 0 Å². The Labute approximate surface area is 426 Å². The Morgan fingerprint density at radius 3 is 1.96 bits per heavy atom. The van der Waals surface area contributed by atoms with Gasteiger partial charge in [-0.3, -0.25) is 0 Å². The minimum atomic E-state index is -1.83. The Bertz CT molecular complexity index is 2040. The van der Waals surface area contributed by atoms with Gasteiger partial charge >= 0.3 is 5.97 Å². The zero-order chi connectivity index (χ0) is 53.1. The van der Waals surface area contributed by atoms with Crippen LogP contribution < -0.4 is 0 Å². The maximum Gasteiger partial charge on any atom is 0.338 e. The van der Waals surface area contributed by atoms with Crippen molar-refractivity contribution in [2.45, 2.75) is 234 Å². The van der Waals surface area contributed by atoms with Gasteiger partial charge in [0.15, 0.2) is 25.0 Å². The van der Waals surface area contributed by atoms with Gasteiger partial charge in [-0.2, -0.15) is 0 Å². The number of esters is 1. The maximum atomic E-state index is 14.0. The fourth-order valence-corrected chi connectivity index (χ4v) is 15.7. The number of fused-ring (bicyclic) bond motifs is 7. The van der Waals surface area contributed by atoms with Crippen LogP contribution >= 0.6 is 0 Å². The maximum absolute atomic E-state index is 14.0. The van der Waals surface area contributed by atoms with Crippen LogP contribution in [0.15, 0.2) is 23.8 Å². The quantitative estimate of drug-likeness (QED) is 0.0706. The van der Waals surface area contributed by atoms with E-state index >= 15 is 0 Å². The molecule has 9 aliphatic rings. The number of aliphatic hydroxyl groups excluding tert-OH is 12. The first kappa shape index (κ1) is 55.9. The molecule has 27 atom stereocenters. The first-order valence-electron chi connectivity index (χ1n) is 26.4. The number of ether oxygens (including phenoxy) is 8. The van der Waals surface area contributed by atoms with E-state index in [-0.39, 0.29) is 40.6 Å². The summed E-state index contributed by atoms with van der Waals surface area (Å²) in [6.45, 7) is 15.7. The summed E-state index contributed by atoms with van der Waals surface area (Å²) in [6, 6.07) is 0. The average Bonchev–Trinajstić information content (AvgIpc) is 3.34. The minimum absolute atomic E-state index is 0.128. The van der Waals surface area contributed by atoms with Crippen molar-refractivity contribution in [3.8, 4) is 0 Å². The molecule has 4 saturated carbocycles. The molecule has 21 nitrogen and oxygen atoms in total. The smallest absolute Gasteiger partial charge is 0.338 e. The third-order valence-corrected chi connectivity index (χ3v) is 20.3. The van der Waals surface area contributed by atoms with E-state index in [0.717, 1.165) is 37.7 Å². The largest absolute Gasteiger partial charge is 0.456 e. The van der Waals surface area contributed by atoms with Crippen molar-refractivity contribution in [3.05, 3.63) is 23.8 Å². The van der Waals surface area contributed by atoms with E-state index < -0.39 is 153 Å². The summed E-state index contributed by atoms with van der Waals surface area (Å²) < 4.78 is 49.4. The molecular weight excluding hydrogens is 961 g/mol. The normalized spacial score (nSPS) is 54.0. The highest BCUT2D eigenvalue weighted by molar-refractivity contribution is 5.76. The molecule has 8 fully saturated rings. The molecule has 73 heavy (non-hydrogen) atoms. The molecule has 416 valence electrons. The predicted molar refractivity (Wildman–Crippen MR) is 251 cm³/mol. The second-order valence-electron chi connectivity index (χ2n) is 24.4. The van der Waals surface area contributed by atoms with Crippen molar-refractivity contribution >= 4 is 5.97 Å². The molecule has 0 aromatic carbocycles. The van der Waals surface area contributed by atoms with Crippen LogP contribution in [0.2, 0.25) is 0 Å². The molecule has 21 heteroatoms. The number of carbonyl (C=O) groups is 1. The first-order chi connectivity index (χ1) is 34.3. The fraction of sp³-hybridized carbons (Fsp3) is 0.904. The molecule has 12 N–H and O–H groups in total. The summed E-state index contributed by atoms with van der Waals surface area (Å²) >= 11 is 0. The minimum Gasteiger partial charge on any atom is -0.456 e. The topological polar surface area (TPSA) is 334 Å². The Kier molecular flexibility index (Phi) is 15.7. The second kappa shape index (κ2) is 20.4. The SMILES string of the molecule is C=C1CCC2(OC(=O)C3OC(CO)C(O)C(O)C3O)CCC3(C)C(=CCC4C5(C)CCC(OC6OCC(O)C(OC7OC(CO)C(O)C(O)C7O)C6OC6OC(C)C(O)C(O)C6O)C(C)(C)C5CCC43C)C2C1. The van der Waals surface area contributed by atoms with E-state index in [0.29, 0.717) is 32.1 Å². The van der Waals surface area contributed by atoms with Crippen LogP contribution in [0.4, 0.5) is 0 Å². The Morgan fingerprint density at radius 2 is 1.29 bits per heavy atom. The number of aliphatic hydroxyl groups is 12. The molecule has 0 aromatic rings. The summed E-state index contributed by atoms with van der Waals surface area (Å²) in [5.41, 5.74) is 0.184. The van der Waals surface area contributed by atoms with Crippen LogP contribution in [-0.2, 0) is 42.7 Å².